The van der Waals surface area contributed by atoms with Crippen molar-refractivity contribution in [2.45, 2.75) is 6.92 Å². The van der Waals surface area contributed by atoms with Gasteiger partial charge in [-0.05, 0) is 36.8 Å². The van der Waals surface area contributed by atoms with E-state index in [1.54, 1.807) is 14.2 Å². The average Bonchev–Trinajstić information content (AvgIpc) is 2.64. The van der Waals surface area contributed by atoms with Crippen molar-refractivity contribution in [3.8, 4) is 22.8 Å². The summed E-state index contributed by atoms with van der Waals surface area (Å²) >= 11 is 0. The first-order chi connectivity index (χ1) is 12.1. The lowest BCUT2D eigenvalue weighted by Gasteiger charge is -2.08. The molecule has 4 N–H and O–H groups in total. The monoisotopic (exact) mass is 337 g/mol. The number of aromatic nitrogens is 2. The summed E-state index contributed by atoms with van der Waals surface area (Å²) in [5, 5.41) is 3.27. The van der Waals surface area contributed by atoms with Gasteiger partial charge in [0, 0.05) is 23.4 Å². The minimum atomic E-state index is 0.626. The van der Waals surface area contributed by atoms with Crippen LogP contribution in [0.25, 0.3) is 11.3 Å². The molecule has 6 nitrogen and oxygen atoms in total. The number of rotatable bonds is 5. The summed E-state index contributed by atoms with van der Waals surface area (Å²) in [6.07, 6.45) is 1.84. The molecule has 0 aliphatic heterocycles. The third kappa shape index (κ3) is 3.63. The average molecular weight is 337 g/mol. The second-order valence-corrected chi connectivity index (χ2v) is 5.59. The molecule has 0 spiro atoms. The molecule has 0 saturated heterocycles. The highest BCUT2D eigenvalue weighted by molar-refractivity contribution is 5.66. The molecule has 3 rings (SSSR count). The molecule has 1 aromatic heterocycles. The Morgan fingerprint density at radius 1 is 1.00 bits per heavy atom. The number of anilines is 3. The van der Waals surface area contributed by atoms with Crippen LogP contribution in [0, 0.1) is 6.92 Å². The molecule has 1 heterocycles. The zero-order valence-electron chi connectivity index (χ0n) is 14.5. The molecule has 0 bridgehead atoms. The number of hydrogen-bond acceptors (Lipinski definition) is 5. The van der Waals surface area contributed by atoms with Gasteiger partial charge in [-0.25, -0.2) is 10.3 Å². The van der Waals surface area contributed by atoms with Gasteiger partial charge in [-0.15, -0.1) is 0 Å². The summed E-state index contributed by atoms with van der Waals surface area (Å²) in [7, 11) is 3.23. The molecular weight excluding hydrogens is 316 g/mol. The Morgan fingerprint density at radius 2 is 1.80 bits per heavy atom. The fourth-order valence-corrected chi connectivity index (χ4v) is 2.51. The predicted molar refractivity (Wildman–Crippen MR) is 98.2 cm³/mol. The van der Waals surface area contributed by atoms with Gasteiger partial charge in [0.2, 0.25) is 0 Å². The Kier molecular flexibility index (Phi) is 4.70. The zero-order chi connectivity index (χ0) is 17.8. The van der Waals surface area contributed by atoms with Crippen molar-refractivity contribution >= 4 is 17.3 Å². The van der Waals surface area contributed by atoms with Crippen molar-refractivity contribution in [1.29, 1.82) is 0 Å². The Bertz CT molecular complexity index is 896. The lowest BCUT2D eigenvalue weighted by Crippen LogP contribution is -2.12. The number of aromatic amines is 1. The first-order valence-corrected chi connectivity index (χ1v) is 7.85. The van der Waals surface area contributed by atoms with Crippen molar-refractivity contribution in [3.63, 3.8) is 0 Å². The van der Waals surface area contributed by atoms with Crippen LogP contribution in [0.5, 0.6) is 11.5 Å². The van der Waals surface area contributed by atoms with Crippen molar-refractivity contribution in [1.82, 2.24) is 4.98 Å². The summed E-state index contributed by atoms with van der Waals surface area (Å²) in [5.41, 5.74) is 10.3. The zero-order valence-corrected chi connectivity index (χ0v) is 14.5. The van der Waals surface area contributed by atoms with Crippen LogP contribution in [0.4, 0.5) is 17.3 Å². The molecule has 0 radical (unpaired) electrons. The summed E-state index contributed by atoms with van der Waals surface area (Å²) in [4.78, 5) is 7.74. The SMILES string of the molecule is COc1ccc(-c2cc[nH+]c(Nc3cc(N)ccc3C)n2)cc1OC. The molecular formula is C19H21N4O2+. The Labute approximate surface area is 146 Å². The van der Waals surface area contributed by atoms with Crippen LogP contribution in [-0.4, -0.2) is 19.2 Å². The number of aryl methyl sites for hydroxylation is 1. The van der Waals surface area contributed by atoms with Crippen LogP contribution in [0.3, 0.4) is 0 Å². The maximum Gasteiger partial charge on any atom is 0.394 e. The first kappa shape index (κ1) is 16.6. The largest absolute Gasteiger partial charge is 0.493 e. The summed E-state index contributed by atoms with van der Waals surface area (Å²) in [5.74, 6) is 1.97. The topological polar surface area (TPSA) is 83.5 Å². The molecule has 0 amide bonds. The quantitative estimate of drug-likeness (QED) is 0.699. The second kappa shape index (κ2) is 7.09. The van der Waals surface area contributed by atoms with Gasteiger partial charge in [-0.1, -0.05) is 11.1 Å². The van der Waals surface area contributed by atoms with E-state index >= 15 is 0 Å². The van der Waals surface area contributed by atoms with Gasteiger partial charge in [-0.3, -0.25) is 0 Å². The van der Waals surface area contributed by atoms with E-state index in [4.69, 9.17) is 15.2 Å². The van der Waals surface area contributed by atoms with Crippen LogP contribution in [-0.2, 0) is 0 Å². The molecule has 0 aliphatic carbocycles. The van der Waals surface area contributed by atoms with Gasteiger partial charge in [0.05, 0.1) is 20.4 Å². The van der Waals surface area contributed by atoms with Crippen molar-refractivity contribution in [2.24, 2.45) is 0 Å². The number of hydrogen-bond donors (Lipinski definition) is 2. The highest BCUT2D eigenvalue weighted by Gasteiger charge is 2.13. The molecule has 25 heavy (non-hydrogen) atoms. The van der Waals surface area contributed by atoms with Crippen molar-refractivity contribution in [2.75, 3.05) is 25.3 Å². The molecule has 2 aromatic carbocycles. The number of methoxy groups -OCH3 is 2. The Balaban J connectivity index is 1.93. The standard InChI is InChI=1S/C19H20N4O2/c1-12-4-6-14(20)11-16(12)23-19-21-9-8-15(22-19)13-5-7-17(24-2)18(10-13)25-3/h4-11H,20H2,1-3H3,(H,21,22,23)/p+1. The normalized spacial score (nSPS) is 10.4. The minimum absolute atomic E-state index is 0.626. The number of H-pyrrole nitrogens is 1. The van der Waals surface area contributed by atoms with Crippen molar-refractivity contribution in [3.05, 3.63) is 54.2 Å². The molecule has 3 aromatic rings. The van der Waals surface area contributed by atoms with E-state index in [1.165, 1.54) is 0 Å². The number of nitrogens with one attached hydrogen (secondary N) is 2. The molecule has 0 unspecified atom stereocenters. The molecule has 0 atom stereocenters. The molecule has 0 aliphatic rings. The fourth-order valence-electron chi connectivity index (χ4n) is 2.51. The lowest BCUT2D eigenvalue weighted by atomic mass is 10.1. The number of ether oxygens (including phenoxy) is 2. The number of nitrogens with zero attached hydrogens (tertiary/aromatic N) is 1. The highest BCUT2D eigenvalue weighted by atomic mass is 16.5. The fraction of sp³-hybridized carbons (Fsp3) is 0.158. The Hall–Kier alpha value is -3.28. The molecule has 0 fully saturated rings. The van der Waals surface area contributed by atoms with E-state index in [-0.39, 0.29) is 0 Å². The van der Waals surface area contributed by atoms with Crippen LogP contribution in [0.15, 0.2) is 48.7 Å². The van der Waals surface area contributed by atoms with Crippen LogP contribution in [0.2, 0.25) is 0 Å². The van der Waals surface area contributed by atoms with Crippen LogP contribution < -0.4 is 25.5 Å². The van der Waals surface area contributed by atoms with Gasteiger partial charge >= 0.3 is 5.95 Å². The van der Waals surface area contributed by atoms with Gasteiger partial charge < -0.3 is 15.2 Å². The van der Waals surface area contributed by atoms with E-state index in [1.807, 2.05) is 55.6 Å². The summed E-state index contributed by atoms with van der Waals surface area (Å²) in [6.45, 7) is 2.01. The Morgan fingerprint density at radius 3 is 2.56 bits per heavy atom. The van der Waals surface area contributed by atoms with Crippen LogP contribution >= 0.6 is 0 Å². The highest BCUT2D eigenvalue weighted by Crippen LogP contribution is 2.31. The van der Waals surface area contributed by atoms with Gasteiger partial charge in [0.25, 0.3) is 0 Å². The summed E-state index contributed by atoms with van der Waals surface area (Å²) < 4.78 is 10.6. The molecule has 128 valence electrons. The van der Waals surface area contributed by atoms with E-state index in [0.29, 0.717) is 23.1 Å². The third-order valence-electron chi connectivity index (χ3n) is 3.89. The van der Waals surface area contributed by atoms with Crippen LogP contribution in [0.1, 0.15) is 5.56 Å². The van der Waals surface area contributed by atoms with Gasteiger partial charge in [0.1, 0.15) is 5.69 Å². The predicted octanol–water partition coefficient (Wildman–Crippen LogP) is 3.21. The maximum atomic E-state index is 5.87. The number of nitrogen functional groups attached to an aromatic ring is 1. The number of benzene rings is 2. The van der Waals surface area contributed by atoms with Gasteiger partial charge in [-0.2, -0.15) is 0 Å². The molecule has 6 heteroatoms. The van der Waals surface area contributed by atoms with E-state index in [9.17, 15) is 0 Å². The second-order valence-electron chi connectivity index (χ2n) is 5.59. The smallest absolute Gasteiger partial charge is 0.394 e. The first-order valence-electron chi connectivity index (χ1n) is 7.85. The van der Waals surface area contributed by atoms with E-state index in [0.717, 1.165) is 22.5 Å². The summed E-state index contributed by atoms with van der Waals surface area (Å²) in [6, 6.07) is 13.3. The third-order valence-corrected chi connectivity index (χ3v) is 3.89. The van der Waals surface area contributed by atoms with E-state index in [2.05, 4.69) is 15.3 Å². The number of nitrogens with two attached hydrogens (primary N) is 1. The van der Waals surface area contributed by atoms with Gasteiger partial charge in [0.15, 0.2) is 17.2 Å². The molecule has 0 saturated carbocycles. The van der Waals surface area contributed by atoms with Crippen molar-refractivity contribution < 1.29 is 14.5 Å². The maximum absolute atomic E-state index is 5.87. The minimum Gasteiger partial charge on any atom is -0.493 e. The van der Waals surface area contributed by atoms with E-state index < -0.39 is 0 Å². The lowest BCUT2D eigenvalue weighted by molar-refractivity contribution is -0.364.